The van der Waals surface area contributed by atoms with Crippen LogP contribution < -0.4 is 4.90 Å². The van der Waals surface area contributed by atoms with E-state index in [0.717, 1.165) is 20.5 Å². The van der Waals surface area contributed by atoms with Crippen molar-refractivity contribution < 1.29 is 5.11 Å². The standard InChI is InChI=1S/C14H16ClNOS/c1-16(2)11-5-3-10(4-6-11)13(17)9-12-7-8-14(15)18-12/h3-8,13,17H,9H2,1-2H3. The molecular formula is C14H16ClNOS. The van der Waals surface area contributed by atoms with Gasteiger partial charge in [0.05, 0.1) is 10.4 Å². The molecule has 0 aliphatic rings. The highest BCUT2D eigenvalue weighted by Gasteiger charge is 2.10. The molecule has 0 radical (unpaired) electrons. The van der Waals surface area contributed by atoms with E-state index in [1.807, 2.05) is 55.4 Å². The molecule has 0 bridgehead atoms. The van der Waals surface area contributed by atoms with Crippen LogP contribution >= 0.6 is 22.9 Å². The third-order valence-electron chi connectivity index (χ3n) is 2.82. The van der Waals surface area contributed by atoms with Crippen molar-refractivity contribution >= 4 is 28.6 Å². The maximum absolute atomic E-state index is 10.2. The fourth-order valence-electron chi connectivity index (χ4n) is 1.76. The first-order valence-electron chi connectivity index (χ1n) is 5.76. The molecule has 0 amide bonds. The van der Waals surface area contributed by atoms with Gasteiger partial charge in [-0.25, -0.2) is 0 Å². The average Bonchev–Trinajstić information content (AvgIpc) is 2.75. The summed E-state index contributed by atoms with van der Waals surface area (Å²) < 4.78 is 0.764. The van der Waals surface area contributed by atoms with E-state index in [1.54, 1.807) is 0 Å². The van der Waals surface area contributed by atoms with Crippen LogP contribution in [0.2, 0.25) is 4.34 Å². The average molecular weight is 282 g/mol. The van der Waals surface area contributed by atoms with Gasteiger partial charge in [-0.2, -0.15) is 0 Å². The Morgan fingerprint density at radius 3 is 2.33 bits per heavy atom. The number of aliphatic hydroxyl groups is 1. The van der Waals surface area contributed by atoms with Crippen LogP contribution in [0, 0.1) is 0 Å². The first-order chi connectivity index (χ1) is 8.56. The summed E-state index contributed by atoms with van der Waals surface area (Å²) in [5.41, 5.74) is 2.07. The summed E-state index contributed by atoms with van der Waals surface area (Å²) in [6.45, 7) is 0. The van der Waals surface area contributed by atoms with Crippen molar-refractivity contribution in [2.75, 3.05) is 19.0 Å². The first kappa shape index (κ1) is 13.4. The lowest BCUT2D eigenvalue weighted by atomic mass is 10.1. The van der Waals surface area contributed by atoms with Crippen LogP contribution in [-0.2, 0) is 6.42 Å². The lowest BCUT2D eigenvalue weighted by Crippen LogP contribution is -2.08. The Kier molecular flexibility index (Phi) is 4.27. The van der Waals surface area contributed by atoms with Crippen molar-refractivity contribution in [1.82, 2.24) is 0 Å². The third-order valence-corrected chi connectivity index (χ3v) is 4.07. The molecule has 0 aliphatic heterocycles. The zero-order valence-corrected chi connectivity index (χ0v) is 12.0. The summed E-state index contributed by atoms with van der Waals surface area (Å²) in [5.74, 6) is 0. The molecular weight excluding hydrogens is 266 g/mol. The van der Waals surface area contributed by atoms with Crippen LogP contribution in [0.25, 0.3) is 0 Å². The second-order valence-corrected chi connectivity index (χ2v) is 6.21. The summed E-state index contributed by atoms with van der Waals surface area (Å²) in [6.07, 6.45) is 0.134. The molecule has 4 heteroatoms. The van der Waals surface area contributed by atoms with Gasteiger partial charge in [0.15, 0.2) is 0 Å². The fraction of sp³-hybridized carbons (Fsp3) is 0.286. The molecule has 0 saturated carbocycles. The Morgan fingerprint density at radius 1 is 1.17 bits per heavy atom. The largest absolute Gasteiger partial charge is 0.388 e. The van der Waals surface area contributed by atoms with Gasteiger partial charge in [0.25, 0.3) is 0 Å². The molecule has 2 nitrogen and oxygen atoms in total. The highest BCUT2D eigenvalue weighted by atomic mass is 35.5. The van der Waals surface area contributed by atoms with Gasteiger partial charge < -0.3 is 10.0 Å². The minimum Gasteiger partial charge on any atom is -0.388 e. The zero-order chi connectivity index (χ0) is 13.1. The molecule has 1 unspecified atom stereocenters. The van der Waals surface area contributed by atoms with E-state index < -0.39 is 6.10 Å². The summed E-state index contributed by atoms with van der Waals surface area (Å²) >= 11 is 7.39. The number of hydrogen-bond acceptors (Lipinski definition) is 3. The summed E-state index contributed by atoms with van der Waals surface area (Å²) in [5, 5.41) is 10.2. The second-order valence-electron chi connectivity index (χ2n) is 4.41. The molecule has 0 aliphatic carbocycles. The van der Waals surface area contributed by atoms with E-state index in [-0.39, 0.29) is 0 Å². The van der Waals surface area contributed by atoms with Crippen molar-refractivity contribution in [1.29, 1.82) is 0 Å². The molecule has 0 spiro atoms. The topological polar surface area (TPSA) is 23.5 Å². The van der Waals surface area contributed by atoms with Crippen molar-refractivity contribution in [3.63, 3.8) is 0 Å². The molecule has 18 heavy (non-hydrogen) atoms. The van der Waals surface area contributed by atoms with E-state index in [1.165, 1.54) is 11.3 Å². The summed E-state index contributed by atoms with van der Waals surface area (Å²) in [4.78, 5) is 3.14. The van der Waals surface area contributed by atoms with Crippen LogP contribution in [0.4, 0.5) is 5.69 Å². The van der Waals surface area contributed by atoms with Gasteiger partial charge in [-0.05, 0) is 29.8 Å². The number of hydrogen-bond donors (Lipinski definition) is 1. The Hall–Kier alpha value is -1.03. The molecule has 1 heterocycles. The Balaban J connectivity index is 2.06. The lowest BCUT2D eigenvalue weighted by Gasteiger charge is -2.14. The molecule has 0 fully saturated rings. The van der Waals surface area contributed by atoms with Crippen LogP contribution in [0.15, 0.2) is 36.4 Å². The number of thiophene rings is 1. The normalized spacial score (nSPS) is 12.4. The Morgan fingerprint density at radius 2 is 1.83 bits per heavy atom. The quantitative estimate of drug-likeness (QED) is 0.923. The predicted octanol–water partition coefficient (Wildman–Crippen LogP) is 3.74. The minimum atomic E-state index is -0.476. The van der Waals surface area contributed by atoms with E-state index in [2.05, 4.69) is 0 Å². The summed E-state index contributed by atoms with van der Waals surface area (Å²) in [6, 6.07) is 11.8. The van der Waals surface area contributed by atoms with Crippen molar-refractivity contribution in [3.8, 4) is 0 Å². The summed E-state index contributed by atoms with van der Waals surface area (Å²) in [7, 11) is 4.00. The van der Waals surface area contributed by atoms with E-state index in [0.29, 0.717) is 6.42 Å². The third kappa shape index (κ3) is 3.25. The highest BCUT2D eigenvalue weighted by Crippen LogP contribution is 2.27. The van der Waals surface area contributed by atoms with Crippen molar-refractivity contribution in [3.05, 3.63) is 51.2 Å². The Labute approximate surface area is 116 Å². The van der Waals surface area contributed by atoms with Gasteiger partial charge in [0.1, 0.15) is 0 Å². The van der Waals surface area contributed by atoms with Gasteiger partial charge in [0.2, 0.25) is 0 Å². The van der Waals surface area contributed by atoms with E-state index in [9.17, 15) is 5.11 Å². The minimum absolute atomic E-state index is 0.476. The molecule has 1 N–H and O–H groups in total. The molecule has 96 valence electrons. The van der Waals surface area contributed by atoms with Crippen LogP contribution in [0.5, 0.6) is 0 Å². The number of benzene rings is 1. The Bertz CT molecular complexity index is 507. The number of rotatable bonds is 4. The smallest absolute Gasteiger partial charge is 0.0931 e. The molecule has 0 saturated heterocycles. The molecule has 1 aromatic heterocycles. The number of halogens is 1. The number of anilines is 1. The maximum Gasteiger partial charge on any atom is 0.0931 e. The number of nitrogens with zero attached hydrogens (tertiary/aromatic N) is 1. The lowest BCUT2D eigenvalue weighted by molar-refractivity contribution is 0.179. The first-order valence-corrected chi connectivity index (χ1v) is 6.95. The SMILES string of the molecule is CN(C)c1ccc(C(O)Cc2ccc(Cl)s2)cc1. The van der Waals surface area contributed by atoms with Gasteiger partial charge in [0, 0.05) is 31.1 Å². The predicted molar refractivity (Wildman–Crippen MR) is 78.8 cm³/mol. The van der Waals surface area contributed by atoms with Crippen LogP contribution in [-0.4, -0.2) is 19.2 Å². The molecule has 2 aromatic rings. The van der Waals surface area contributed by atoms with Gasteiger partial charge >= 0.3 is 0 Å². The molecule has 1 aromatic carbocycles. The number of aliphatic hydroxyl groups excluding tert-OH is 1. The van der Waals surface area contributed by atoms with E-state index in [4.69, 9.17) is 11.6 Å². The van der Waals surface area contributed by atoms with Crippen LogP contribution in [0.1, 0.15) is 16.5 Å². The monoisotopic (exact) mass is 281 g/mol. The van der Waals surface area contributed by atoms with E-state index >= 15 is 0 Å². The van der Waals surface area contributed by atoms with Gasteiger partial charge in [-0.1, -0.05) is 23.7 Å². The van der Waals surface area contributed by atoms with Crippen molar-refractivity contribution in [2.45, 2.75) is 12.5 Å². The molecule has 1 atom stereocenters. The zero-order valence-electron chi connectivity index (χ0n) is 10.4. The van der Waals surface area contributed by atoms with Gasteiger partial charge in [-0.15, -0.1) is 11.3 Å². The molecule has 2 rings (SSSR count). The van der Waals surface area contributed by atoms with Crippen LogP contribution in [0.3, 0.4) is 0 Å². The fourth-order valence-corrected chi connectivity index (χ4v) is 2.89. The van der Waals surface area contributed by atoms with Crippen molar-refractivity contribution in [2.24, 2.45) is 0 Å². The van der Waals surface area contributed by atoms with Gasteiger partial charge in [-0.3, -0.25) is 0 Å². The second kappa shape index (κ2) is 5.74. The maximum atomic E-state index is 10.2. The highest BCUT2D eigenvalue weighted by molar-refractivity contribution is 7.16.